The summed E-state index contributed by atoms with van der Waals surface area (Å²) >= 11 is 15.3. The van der Waals surface area contributed by atoms with Crippen LogP contribution in [-0.2, 0) is 0 Å². The van der Waals surface area contributed by atoms with Crippen LogP contribution in [0.5, 0.6) is 0 Å². The minimum absolute atomic E-state index is 0.316. The maximum Gasteiger partial charge on any atom is 0.259 e. The number of nitrogens with one attached hydrogen (secondary N) is 2. The number of nitrogens with zero attached hydrogens (tertiary/aromatic N) is 1. The highest BCUT2D eigenvalue weighted by Gasteiger charge is 2.15. The summed E-state index contributed by atoms with van der Waals surface area (Å²) in [5, 5.41) is 6.69. The maximum atomic E-state index is 12.4. The lowest BCUT2D eigenvalue weighted by molar-refractivity contribution is 0.102. The van der Waals surface area contributed by atoms with Gasteiger partial charge in [0.05, 0.1) is 16.3 Å². The van der Waals surface area contributed by atoms with Crippen LogP contribution in [0.4, 0.5) is 11.5 Å². The number of rotatable bonds is 4. The monoisotopic (exact) mass is 387 g/mol. The summed E-state index contributed by atoms with van der Waals surface area (Å²) in [6.07, 6.45) is 1.63. The van der Waals surface area contributed by atoms with E-state index in [0.717, 1.165) is 0 Å². The molecule has 0 fully saturated rings. The van der Waals surface area contributed by atoms with Crippen molar-refractivity contribution >= 4 is 56.5 Å². The maximum absolute atomic E-state index is 12.4. The smallest absolute Gasteiger partial charge is 0.259 e. The summed E-state index contributed by atoms with van der Waals surface area (Å²) < 4.78 is 0.714. The molecule has 2 N–H and O–H groups in total. The first-order chi connectivity index (χ1) is 10.0. The molecule has 0 saturated carbocycles. The van der Waals surface area contributed by atoms with Gasteiger partial charge >= 0.3 is 0 Å². The topological polar surface area (TPSA) is 54.0 Å². The highest BCUT2D eigenvalue weighted by Crippen LogP contribution is 2.27. The molecule has 1 amide bonds. The van der Waals surface area contributed by atoms with Gasteiger partial charge in [-0.25, -0.2) is 4.98 Å². The van der Waals surface area contributed by atoms with Crippen molar-refractivity contribution in [2.45, 2.75) is 6.92 Å². The molecule has 1 heterocycles. The zero-order valence-corrected chi connectivity index (χ0v) is 14.2. The molecule has 2 rings (SSSR count). The molecule has 2 aromatic rings. The Bertz CT molecular complexity index is 679. The molecule has 0 bridgehead atoms. The molecule has 21 heavy (non-hydrogen) atoms. The van der Waals surface area contributed by atoms with E-state index >= 15 is 0 Å². The molecule has 0 radical (unpaired) electrons. The van der Waals surface area contributed by atoms with Gasteiger partial charge in [0, 0.05) is 22.2 Å². The normalized spacial score (nSPS) is 10.3. The zero-order chi connectivity index (χ0) is 15.4. The molecular formula is C14H12BrCl2N3O. The lowest BCUT2D eigenvalue weighted by Gasteiger charge is -2.11. The molecule has 4 nitrogen and oxygen atoms in total. The van der Waals surface area contributed by atoms with E-state index in [0.29, 0.717) is 38.1 Å². The molecular weight excluding hydrogens is 377 g/mol. The average molecular weight is 389 g/mol. The SMILES string of the molecule is CCNc1ncc(Br)cc1C(=O)Nc1cc(Cl)ccc1Cl. The van der Waals surface area contributed by atoms with Gasteiger partial charge in [-0.3, -0.25) is 4.79 Å². The molecule has 0 aliphatic heterocycles. The van der Waals surface area contributed by atoms with Crippen LogP contribution in [0.3, 0.4) is 0 Å². The third kappa shape index (κ3) is 4.09. The first-order valence-electron chi connectivity index (χ1n) is 6.17. The Labute approximate surface area is 141 Å². The molecule has 0 aliphatic carbocycles. The van der Waals surface area contributed by atoms with E-state index in [2.05, 4.69) is 31.5 Å². The van der Waals surface area contributed by atoms with E-state index in [-0.39, 0.29) is 5.91 Å². The van der Waals surface area contributed by atoms with E-state index in [1.807, 2.05) is 6.92 Å². The van der Waals surface area contributed by atoms with Crippen LogP contribution in [0.25, 0.3) is 0 Å². The van der Waals surface area contributed by atoms with Gasteiger partial charge in [-0.15, -0.1) is 0 Å². The third-order valence-corrected chi connectivity index (χ3v) is 3.62. The minimum atomic E-state index is -0.316. The van der Waals surface area contributed by atoms with E-state index in [9.17, 15) is 4.79 Å². The standard InChI is InChI=1S/C14H12BrCl2N3O/c1-2-18-13-10(5-8(15)7-19-13)14(21)20-12-6-9(16)3-4-11(12)17/h3-7H,2H2,1H3,(H,18,19)(H,20,21). The minimum Gasteiger partial charge on any atom is -0.370 e. The number of benzene rings is 1. The number of aromatic nitrogens is 1. The number of amides is 1. The van der Waals surface area contributed by atoms with E-state index in [1.54, 1.807) is 30.5 Å². The molecule has 1 aromatic heterocycles. The summed E-state index contributed by atoms with van der Waals surface area (Å²) in [6, 6.07) is 6.58. The highest BCUT2D eigenvalue weighted by molar-refractivity contribution is 9.10. The summed E-state index contributed by atoms with van der Waals surface area (Å²) in [6.45, 7) is 2.59. The Kier molecular flexibility index (Phi) is 5.45. The second-order valence-electron chi connectivity index (χ2n) is 4.16. The Morgan fingerprint density at radius 3 is 2.81 bits per heavy atom. The third-order valence-electron chi connectivity index (χ3n) is 2.62. The van der Waals surface area contributed by atoms with Gasteiger partial charge in [0.25, 0.3) is 5.91 Å². The van der Waals surface area contributed by atoms with Gasteiger partial charge in [-0.05, 0) is 47.1 Å². The molecule has 110 valence electrons. The number of carbonyl (C=O) groups is 1. The number of anilines is 2. The molecule has 0 aliphatic rings. The molecule has 0 unspecified atom stereocenters. The molecule has 0 atom stereocenters. The van der Waals surface area contributed by atoms with Gasteiger partial charge < -0.3 is 10.6 Å². The van der Waals surface area contributed by atoms with Crippen LogP contribution in [0.1, 0.15) is 17.3 Å². The predicted molar refractivity (Wildman–Crippen MR) is 90.5 cm³/mol. The second-order valence-corrected chi connectivity index (χ2v) is 5.92. The van der Waals surface area contributed by atoms with Crippen molar-refractivity contribution < 1.29 is 4.79 Å². The summed E-state index contributed by atoms with van der Waals surface area (Å²) in [4.78, 5) is 16.6. The fourth-order valence-corrected chi connectivity index (χ4v) is 2.37. The fraction of sp³-hybridized carbons (Fsp3) is 0.143. The van der Waals surface area contributed by atoms with Gasteiger partial charge in [-0.1, -0.05) is 23.2 Å². The van der Waals surface area contributed by atoms with Crippen molar-refractivity contribution in [2.75, 3.05) is 17.2 Å². The van der Waals surface area contributed by atoms with E-state index < -0.39 is 0 Å². The zero-order valence-electron chi connectivity index (χ0n) is 11.1. The molecule has 1 aromatic carbocycles. The fourth-order valence-electron chi connectivity index (χ4n) is 1.70. The highest BCUT2D eigenvalue weighted by atomic mass is 79.9. The molecule has 7 heteroatoms. The summed E-state index contributed by atoms with van der Waals surface area (Å²) in [7, 11) is 0. The predicted octanol–water partition coefficient (Wildman–Crippen LogP) is 4.84. The number of carbonyl (C=O) groups excluding carboxylic acids is 1. The Morgan fingerprint density at radius 2 is 2.10 bits per heavy atom. The molecule has 0 saturated heterocycles. The van der Waals surface area contributed by atoms with Gasteiger partial charge in [0.2, 0.25) is 0 Å². The summed E-state index contributed by atoms with van der Waals surface area (Å²) in [5.74, 6) is 0.195. The van der Waals surface area contributed by atoms with Crippen molar-refractivity contribution in [1.82, 2.24) is 4.98 Å². The van der Waals surface area contributed by atoms with Crippen molar-refractivity contribution in [3.8, 4) is 0 Å². The number of hydrogen-bond acceptors (Lipinski definition) is 3. The quantitative estimate of drug-likeness (QED) is 0.788. The largest absolute Gasteiger partial charge is 0.370 e. The number of pyridine rings is 1. The summed E-state index contributed by atoms with van der Waals surface area (Å²) in [5.41, 5.74) is 0.874. The van der Waals surface area contributed by atoms with Crippen LogP contribution < -0.4 is 10.6 Å². The van der Waals surface area contributed by atoms with Crippen molar-refractivity contribution in [1.29, 1.82) is 0 Å². The lowest BCUT2D eigenvalue weighted by atomic mass is 10.2. The van der Waals surface area contributed by atoms with Gasteiger partial charge in [0.15, 0.2) is 0 Å². The van der Waals surface area contributed by atoms with Crippen molar-refractivity contribution in [3.63, 3.8) is 0 Å². The Balaban J connectivity index is 2.31. The second kappa shape index (κ2) is 7.11. The molecule has 0 spiro atoms. The number of halogens is 3. The Hall–Kier alpha value is -1.30. The van der Waals surface area contributed by atoms with Crippen LogP contribution in [0.15, 0.2) is 34.9 Å². The van der Waals surface area contributed by atoms with Gasteiger partial charge in [0.1, 0.15) is 5.82 Å². The van der Waals surface area contributed by atoms with E-state index in [1.165, 1.54) is 0 Å². The first kappa shape index (κ1) is 16.1. The van der Waals surface area contributed by atoms with Crippen LogP contribution in [0.2, 0.25) is 10.0 Å². The Morgan fingerprint density at radius 1 is 1.33 bits per heavy atom. The van der Waals surface area contributed by atoms with Crippen LogP contribution >= 0.6 is 39.1 Å². The van der Waals surface area contributed by atoms with Crippen molar-refractivity contribution in [2.24, 2.45) is 0 Å². The van der Waals surface area contributed by atoms with E-state index in [4.69, 9.17) is 23.2 Å². The van der Waals surface area contributed by atoms with Crippen LogP contribution in [-0.4, -0.2) is 17.4 Å². The van der Waals surface area contributed by atoms with Crippen molar-refractivity contribution in [3.05, 3.63) is 50.5 Å². The average Bonchev–Trinajstić information content (AvgIpc) is 2.45. The lowest BCUT2D eigenvalue weighted by Crippen LogP contribution is -2.16. The number of hydrogen-bond donors (Lipinski definition) is 2. The van der Waals surface area contributed by atoms with Gasteiger partial charge in [-0.2, -0.15) is 0 Å². The first-order valence-corrected chi connectivity index (χ1v) is 7.72. The van der Waals surface area contributed by atoms with Crippen LogP contribution in [0, 0.1) is 0 Å².